The van der Waals surface area contributed by atoms with Crippen LogP contribution in [0.3, 0.4) is 0 Å². The average molecular weight is 387 g/mol. The van der Waals surface area contributed by atoms with Gasteiger partial charge in [0.1, 0.15) is 5.56 Å². The summed E-state index contributed by atoms with van der Waals surface area (Å²) < 4.78 is 29.9. The lowest BCUT2D eigenvalue weighted by atomic mass is 9.79. The molecule has 0 aliphatic heterocycles. The van der Waals surface area contributed by atoms with Gasteiger partial charge in [-0.1, -0.05) is 12.3 Å². The molecule has 1 heterocycles. The van der Waals surface area contributed by atoms with Crippen molar-refractivity contribution in [1.82, 2.24) is 10.3 Å². The minimum Gasteiger partial charge on any atom is -0.365 e. The fourth-order valence-corrected chi connectivity index (χ4v) is 4.22. The number of amides is 2. The van der Waals surface area contributed by atoms with E-state index in [0.29, 0.717) is 18.2 Å². The molecule has 1 aromatic heterocycles. The summed E-state index contributed by atoms with van der Waals surface area (Å²) in [6, 6.07) is -0.166. The van der Waals surface area contributed by atoms with Crippen molar-refractivity contribution in [3.8, 4) is 11.8 Å². The second-order valence-corrected chi connectivity index (χ2v) is 7.31. The molecule has 2 atom stereocenters. The van der Waals surface area contributed by atoms with Gasteiger partial charge in [-0.05, 0) is 57.4 Å². The Labute approximate surface area is 162 Å². The molecule has 1 saturated carbocycles. The SMILES string of the molecule is CC#CC(=O)N[C@H]1CCCC(c2c(F)c(F)c(C(N)=O)c3[nH]c(C)c(C)c23)C1. The van der Waals surface area contributed by atoms with Crippen molar-refractivity contribution in [1.29, 1.82) is 0 Å². The molecular formula is C21H23F2N3O2. The molecule has 0 saturated heterocycles. The smallest absolute Gasteiger partial charge is 0.296 e. The average Bonchev–Trinajstić information content (AvgIpc) is 2.91. The summed E-state index contributed by atoms with van der Waals surface area (Å²) in [6.45, 7) is 5.17. The zero-order chi connectivity index (χ0) is 20.6. The number of H-pyrrole nitrogens is 1. The number of halogens is 2. The molecule has 2 amide bonds. The van der Waals surface area contributed by atoms with Gasteiger partial charge in [0.2, 0.25) is 0 Å². The van der Waals surface area contributed by atoms with Crippen molar-refractivity contribution in [2.75, 3.05) is 0 Å². The van der Waals surface area contributed by atoms with Gasteiger partial charge in [-0.15, -0.1) is 0 Å². The Bertz CT molecular complexity index is 1030. The lowest BCUT2D eigenvalue weighted by Gasteiger charge is -2.30. The molecule has 7 heteroatoms. The van der Waals surface area contributed by atoms with Crippen LogP contribution in [0.1, 0.15) is 65.7 Å². The van der Waals surface area contributed by atoms with Crippen LogP contribution in [-0.2, 0) is 4.79 Å². The molecule has 0 spiro atoms. The van der Waals surface area contributed by atoms with Gasteiger partial charge in [0.05, 0.1) is 5.52 Å². The van der Waals surface area contributed by atoms with Crippen molar-refractivity contribution in [2.45, 2.75) is 58.4 Å². The molecule has 2 aromatic rings. The van der Waals surface area contributed by atoms with E-state index in [-0.39, 0.29) is 28.9 Å². The number of rotatable bonds is 3. The largest absolute Gasteiger partial charge is 0.365 e. The number of hydrogen-bond donors (Lipinski definition) is 3. The number of primary amides is 1. The predicted molar refractivity (Wildman–Crippen MR) is 103 cm³/mol. The Morgan fingerprint density at radius 2 is 1.93 bits per heavy atom. The third-order valence-corrected chi connectivity index (χ3v) is 5.57. The van der Waals surface area contributed by atoms with Gasteiger partial charge in [-0.2, -0.15) is 0 Å². The maximum Gasteiger partial charge on any atom is 0.296 e. The maximum atomic E-state index is 15.1. The summed E-state index contributed by atoms with van der Waals surface area (Å²) >= 11 is 0. The topological polar surface area (TPSA) is 88.0 Å². The molecule has 28 heavy (non-hydrogen) atoms. The second-order valence-electron chi connectivity index (χ2n) is 7.31. The van der Waals surface area contributed by atoms with Crippen molar-refractivity contribution >= 4 is 22.7 Å². The van der Waals surface area contributed by atoms with Crippen molar-refractivity contribution in [3.63, 3.8) is 0 Å². The van der Waals surface area contributed by atoms with E-state index in [0.717, 1.165) is 24.1 Å². The number of carbonyl (C=O) groups excluding carboxylic acids is 2. The number of aromatic nitrogens is 1. The molecule has 1 aliphatic carbocycles. The molecule has 1 fully saturated rings. The number of aryl methyl sites for hydroxylation is 2. The molecule has 1 aliphatic rings. The minimum absolute atomic E-state index is 0.166. The van der Waals surface area contributed by atoms with Crippen LogP contribution in [0, 0.1) is 37.3 Å². The van der Waals surface area contributed by atoms with Crippen molar-refractivity contribution in [2.24, 2.45) is 5.73 Å². The molecule has 0 radical (unpaired) electrons. The zero-order valence-electron chi connectivity index (χ0n) is 16.1. The Hall–Kier alpha value is -2.88. The summed E-state index contributed by atoms with van der Waals surface area (Å²) in [5.41, 5.74) is 6.83. The van der Waals surface area contributed by atoms with Crippen LogP contribution in [0.4, 0.5) is 8.78 Å². The highest BCUT2D eigenvalue weighted by molar-refractivity contribution is 6.07. The Balaban J connectivity index is 2.11. The van der Waals surface area contributed by atoms with Crippen LogP contribution in [0.25, 0.3) is 10.9 Å². The predicted octanol–water partition coefficient (Wildman–Crippen LogP) is 3.33. The van der Waals surface area contributed by atoms with E-state index in [2.05, 4.69) is 22.1 Å². The van der Waals surface area contributed by atoms with Crippen LogP contribution in [-0.4, -0.2) is 22.8 Å². The van der Waals surface area contributed by atoms with E-state index < -0.39 is 23.1 Å². The number of fused-ring (bicyclic) bond motifs is 1. The summed E-state index contributed by atoms with van der Waals surface area (Å²) in [4.78, 5) is 26.5. The zero-order valence-corrected chi connectivity index (χ0v) is 16.1. The first-order valence-electron chi connectivity index (χ1n) is 9.29. The Kier molecular flexibility index (Phi) is 5.41. The summed E-state index contributed by atoms with van der Waals surface area (Å²) in [5, 5.41) is 3.35. The first-order chi connectivity index (χ1) is 13.3. The van der Waals surface area contributed by atoms with Crippen LogP contribution < -0.4 is 11.1 Å². The summed E-state index contributed by atoms with van der Waals surface area (Å²) in [7, 11) is 0. The number of nitrogens with two attached hydrogens (primary N) is 1. The molecule has 4 N–H and O–H groups in total. The lowest BCUT2D eigenvalue weighted by Crippen LogP contribution is -2.37. The van der Waals surface area contributed by atoms with Crippen LogP contribution in [0.15, 0.2) is 0 Å². The quantitative estimate of drug-likeness (QED) is 0.706. The lowest BCUT2D eigenvalue weighted by molar-refractivity contribution is -0.116. The molecule has 148 valence electrons. The highest BCUT2D eigenvalue weighted by atomic mass is 19.2. The maximum absolute atomic E-state index is 15.1. The van der Waals surface area contributed by atoms with Crippen LogP contribution >= 0.6 is 0 Å². The first kappa shape index (κ1) is 19.9. The van der Waals surface area contributed by atoms with E-state index in [1.165, 1.54) is 0 Å². The van der Waals surface area contributed by atoms with Gasteiger partial charge in [0.25, 0.3) is 11.8 Å². The molecule has 3 rings (SSSR count). The van der Waals surface area contributed by atoms with Gasteiger partial charge in [-0.25, -0.2) is 8.78 Å². The van der Waals surface area contributed by atoms with Crippen LogP contribution in [0.2, 0.25) is 0 Å². The number of nitrogens with one attached hydrogen (secondary N) is 2. The van der Waals surface area contributed by atoms with E-state index in [9.17, 15) is 14.0 Å². The van der Waals surface area contributed by atoms with E-state index in [1.54, 1.807) is 20.8 Å². The van der Waals surface area contributed by atoms with Gasteiger partial charge in [0, 0.05) is 22.7 Å². The van der Waals surface area contributed by atoms with E-state index in [4.69, 9.17) is 5.73 Å². The molecule has 5 nitrogen and oxygen atoms in total. The molecular weight excluding hydrogens is 364 g/mol. The molecule has 0 bridgehead atoms. The third kappa shape index (κ3) is 3.35. The Morgan fingerprint density at radius 3 is 2.57 bits per heavy atom. The summed E-state index contributed by atoms with van der Waals surface area (Å²) in [5.74, 6) is 1.06. The fraction of sp³-hybridized carbons (Fsp3) is 0.429. The van der Waals surface area contributed by atoms with Crippen LogP contribution in [0.5, 0.6) is 0 Å². The van der Waals surface area contributed by atoms with Crippen molar-refractivity contribution < 1.29 is 18.4 Å². The molecule has 1 aromatic carbocycles. The monoisotopic (exact) mass is 387 g/mol. The number of carbonyl (C=O) groups is 2. The minimum atomic E-state index is -1.22. The third-order valence-electron chi connectivity index (χ3n) is 5.57. The number of benzene rings is 1. The second kappa shape index (κ2) is 7.63. The molecule has 1 unspecified atom stereocenters. The van der Waals surface area contributed by atoms with E-state index in [1.807, 2.05) is 0 Å². The number of hydrogen-bond acceptors (Lipinski definition) is 2. The van der Waals surface area contributed by atoms with Gasteiger partial charge in [0.15, 0.2) is 11.6 Å². The Morgan fingerprint density at radius 1 is 1.21 bits per heavy atom. The first-order valence-corrected chi connectivity index (χ1v) is 9.29. The number of aromatic amines is 1. The highest BCUT2D eigenvalue weighted by Gasteiger charge is 2.33. The van der Waals surface area contributed by atoms with E-state index >= 15 is 4.39 Å². The standard InChI is InChI=1S/C21H23F2N3O2/c1-4-6-14(27)26-13-8-5-7-12(9-13)16-15-10(2)11(3)25-20(15)17(21(24)28)19(23)18(16)22/h12-13,25H,5,7-9H2,1-3H3,(H2,24,28)(H,26,27)/t12?,13-/m0/s1. The summed E-state index contributed by atoms with van der Waals surface area (Å²) in [6.07, 6.45) is 2.65. The van der Waals surface area contributed by atoms with Gasteiger partial charge in [-0.3, -0.25) is 9.59 Å². The van der Waals surface area contributed by atoms with Gasteiger partial charge < -0.3 is 16.0 Å². The van der Waals surface area contributed by atoms with Gasteiger partial charge >= 0.3 is 0 Å². The fourth-order valence-electron chi connectivity index (χ4n) is 4.22. The highest BCUT2D eigenvalue weighted by Crippen LogP contribution is 2.42. The normalized spacial score (nSPS) is 19.2. The van der Waals surface area contributed by atoms with Crippen molar-refractivity contribution in [3.05, 3.63) is 34.0 Å².